The molecule has 0 aromatic heterocycles. The summed E-state index contributed by atoms with van der Waals surface area (Å²) in [5.74, 6) is 1.18. The van der Waals surface area contributed by atoms with Crippen molar-refractivity contribution in [1.82, 2.24) is 5.32 Å². The van der Waals surface area contributed by atoms with Gasteiger partial charge in [-0.1, -0.05) is 31.5 Å². The number of unbranched alkanes of at least 4 members (excludes halogenated alkanes) is 1. The van der Waals surface area contributed by atoms with Crippen molar-refractivity contribution < 1.29 is 14.3 Å². The number of methoxy groups -OCH3 is 1. The van der Waals surface area contributed by atoms with E-state index in [1.54, 1.807) is 31.4 Å². The van der Waals surface area contributed by atoms with Crippen LogP contribution in [0.2, 0.25) is 0 Å². The number of nitrogens with one attached hydrogen (secondary N) is 1. The molecule has 0 saturated carbocycles. The molecule has 2 rings (SSSR count). The summed E-state index contributed by atoms with van der Waals surface area (Å²) in [7, 11) is 1.61. The molecule has 6 heteroatoms. The zero-order chi connectivity index (χ0) is 17.4. The Balaban J connectivity index is 0.00000312. The van der Waals surface area contributed by atoms with E-state index in [-0.39, 0.29) is 18.3 Å². The quantitative estimate of drug-likeness (QED) is 0.551. The van der Waals surface area contributed by atoms with Gasteiger partial charge in [0, 0.05) is 12.2 Å². The predicted molar refractivity (Wildman–Crippen MR) is 103 cm³/mol. The van der Waals surface area contributed by atoms with E-state index >= 15 is 0 Å². The van der Waals surface area contributed by atoms with Crippen molar-refractivity contribution >= 4 is 24.0 Å². The second-order valence-electron chi connectivity index (χ2n) is 5.46. The minimum atomic E-state index is -0.199. The Kier molecular flexibility index (Phi) is 8.64. The van der Waals surface area contributed by atoms with Crippen LogP contribution in [0.25, 0.3) is 0 Å². The molecule has 25 heavy (non-hydrogen) atoms. The minimum absolute atomic E-state index is 0. The van der Waals surface area contributed by atoms with Gasteiger partial charge < -0.3 is 20.5 Å². The lowest BCUT2D eigenvalue weighted by Crippen LogP contribution is -2.23. The SMILES string of the molecule is CCCCOc1ccc(CNC(=O)c2ccccc2N)cc1OC.Cl. The van der Waals surface area contributed by atoms with Crippen LogP contribution in [0, 0.1) is 0 Å². The first-order valence-electron chi connectivity index (χ1n) is 8.08. The molecular weight excluding hydrogens is 340 g/mol. The highest BCUT2D eigenvalue weighted by atomic mass is 35.5. The Morgan fingerprint density at radius 3 is 2.60 bits per heavy atom. The number of nitrogens with two attached hydrogens (primary N) is 1. The van der Waals surface area contributed by atoms with E-state index in [0.717, 1.165) is 18.4 Å². The maximum Gasteiger partial charge on any atom is 0.253 e. The minimum Gasteiger partial charge on any atom is -0.493 e. The Labute approximate surface area is 154 Å². The highest BCUT2D eigenvalue weighted by Gasteiger charge is 2.10. The molecule has 0 aliphatic rings. The summed E-state index contributed by atoms with van der Waals surface area (Å²) >= 11 is 0. The monoisotopic (exact) mass is 364 g/mol. The van der Waals surface area contributed by atoms with E-state index in [0.29, 0.717) is 35.9 Å². The van der Waals surface area contributed by atoms with E-state index in [1.807, 2.05) is 18.2 Å². The van der Waals surface area contributed by atoms with Gasteiger partial charge in [-0.05, 0) is 36.2 Å². The van der Waals surface area contributed by atoms with Crippen LogP contribution in [0.15, 0.2) is 42.5 Å². The summed E-state index contributed by atoms with van der Waals surface area (Å²) in [5, 5.41) is 2.86. The molecule has 0 unspecified atom stereocenters. The third-order valence-electron chi connectivity index (χ3n) is 3.64. The highest BCUT2D eigenvalue weighted by molar-refractivity contribution is 5.99. The number of para-hydroxylation sites is 1. The molecule has 0 aliphatic carbocycles. The second-order valence-corrected chi connectivity index (χ2v) is 5.46. The van der Waals surface area contributed by atoms with Crippen LogP contribution in [0.3, 0.4) is 0 Å². The number of amides is 1. The van der Waals surface area contributed by atoms with Crippen LogP contribution in [0.5, 0.6) is 11.5 Å². The zero-order valence-corrected chi connectivity index (χ0v) is 15.4. The molecule has 0 heterocycles. The topological polar surface area (TPSA) is 73.6 Å². The van der Waals surface area contributed by atoms with Crippen molar-refractivity contribution in [2.24, 2.45) is 0 Å². The molecule has 0 aliphatic heterocycles. The zero-order valence-electron chi connectivity index (χ0n) is 14.6. The summed E-state index contributed by atoms with van der Waals surface area (Å²) in [6, 6.07) is 12.7. The summed E-state index contributed by atoms with van der Waals surface area (Å²) in [5.41, 5.74) is 7.69. The average molecular weight is 365 g/mol. The van der Waals surface area contributed by atoms with Crippen LogP contribution in [-0.2, 0) is 6.54 Å². The predicted octanol–water partition coefficient (Wildman–Crippen LogP) is 3.81. The lowest BCUT2D eigenvalue weighted by atomic mass is 10.1. The van der Waals surface area contributed by atoms with E-state index in [2.05, 4.69) is 12.2 Å². The lowest BCUT2D eigenvalue weighted by Gasteiger charge is -2.13. The molecule has 0 saturated heterocycles. The van der Waals surface area contributed by atoms with Crippen molar-refractivity contribution in [3.8, 4) is 11.5 Å². The first-order chi connectivity index (χ1) is 11.7. The highest BCUT2D eigenvalue weighted by Crippen LogP contribution is 2.28. The van der Waals surface area contributed by atoms with Crippen molar-refractivity contribution in [2.45, 2.75) is 26.3 Å². The second kappa shape index (κ2) is 10.5. The van der Waals surface area contributed by atoms with Crippen LogP contribution < -0.4 is 20.5 Å². The van der Waals surface area contributed by atoms with Gasteiger partial charge in [-0.25, -0.2) is 0 Å². The number of carbonyl (C=O) groups is 1. The molecule has 0 radical (unpaired) electrons. The van der Waals surface area contributed by atoms with Gasteiger partial charge in [0.1, 0.15) is 0 Å². The number of hydrogen-bond acceptors (Lipinski definition) is 4. The van der Waals surface area contributed by atoms with Gasteiger partial charge >= 0.3 is 0 Å². The van der Waals surface area contributed by atoms with Crippen molar-refractivity contribution in [3.63, 3.8) is 0 Å². The summed E-state index contributed by atoms with van der Waals surface area (Å²) < 4.78 is 11.1. The molecule has 0 bridgehead atoms. The first kappa shape index (κ1) is 20.6. The number of rotatable bonds is 8. The van der Waals surface area contributed by atoms with Crippen molar-refractivity contribution in [3.05, 3.63) is 53.6 Å². The lowest BCUT2D eigenvalue weighted by molar-refractivity contribution is 0.0951. The summed E-state index contributed by atoms with van der Waals surface area (Å²) in [4.78, 5) is 12.2. The molecule has 5 nitrogen and oxygen atoms in total. The van der Waals surface area contributed by atoms with E-state index in [9.17, 15) is 4.79 Å². The Bertz CT molecular complexity index is 692. The van der Waals surface area contributed by atoms with Gasteiger partial charge in [-0.3, -0.25) is 4.79 Å². The third kappa shape index (κ3) is 5.87. The Morgan fingerprint density at radius 2 is 1.92 bits per heavy atom. The first-order valence-corrected chi connectivity index (χ1v) is 8.08. The van der Waals surface area contributed by atoms with Crippen LogP contribution in [-0.4, -0.2) is 19.6 Å². The molecule has 0 atom stereocenters. The fraction of sp³-hybridized carbons (Fsp3) is 0.316. The third-order valence-corrected chi connectivity index (χ3v) is 3.64. The largest absolute Gasteiger partial charge is 0.493 e. The standard InChI is InChI=1S/C19H24N2O3.ClH/c1-3-4-11-24-17-10-9-14(12-18(17)23-2)13-21-19(22)15-7-5-6-8-16(15)20;/h5-10,12H,3-4,11,13,20H2,1-2H3,(H,21,22);1H. The van der Waals surface area contributed by atoms with Gasteiger partial charge in [0.05, 0.1) is 19.3 Å². The van der Waals surface area contributed by atoms with Gasteiger partial charge in [0.25, 0.3) is 5.91 Å². The van der Waals surface area contributed by atoms with Crippen molar-refractivity contribution in [2.75, 3.05) is 19.5 Å². The molecule has 0 fully saturated rings. The molecule has 136 valence electrons. The molecule has 3 N–H and O–H groups in total. The number of ether oxygens (including phenoxy) is 2. The van der Waals surface area contributed by atoms with Crippen molar-refractivity contribution in [1.29, 1.82) is 0 Å². The number of anilines is 1. The summed E-state index contributed by atoms with van der Waals surface area (Å²) in [6.45, 7) is 3.17. The fourth-order valence-electron chi connectivity index (χ4n) is 2.25. The van der Waals surface area contributed by atoms with Gasteiger partial charge in [0.15, 0.2) is 11.5 Å². The van der Waals surface area contributed by atoms with E-state index < -0.39 is 0 Å². The number of benzene rings is 2. The van der Waals surface area contributed by atoms with Gasteiger partial charge in [-0.2, -0.15) is 0 Å². The smallest absolute Gasteiger partial charge is 0.253 e. The number of halogens is 1. The van der Waals surface area contributed by atoms with Gasteiger partial charge in [0.2, 0.25) is 0 Å². The van der Waals surface area contributed by atoms with Crippen LogP contribution >= 0.6 is 12.4 Å². The van der Waals surface area contributed by atoms with Gasteiger partial charge in [-0.15, -0.1) is 12.4 Å². The normalized spacial score (nSPS) is 9.84. The fourth-order valence-corrected chi connectivity index (χ4v) is 2.25. The molecule has 2 aromatic carbocycles. The Hall–Kier alpha value is -2.40. The maximum atomic E-state index is 12.2. The number of carbonyl (C=O) groups excluding carboxylic acids is 1. The molecule has 0 spiro atoms. The van der Waals surface area contributed by atoms with E-state index in [4.69, 9.17) is 15.2 Å². The number of nitrogen functional groups attached to an aromatic ring is 1. The summed E-state index contributed by atoms with van der Waals surface area (Å²) in [6.07, 6.45) is 2.08. The van der Waals surface area contributed by atoms with E-state index in [1.165, 1.54) is 0 Å². The molecule has 1 amide bonds. The Morgan fingerprint density at radius 1 is 1.16 bits per heavy atom. The van der Waals surface area contributed by atoms with Crippen LogP contribution in [0.4, 0.5) is 5.69 Å². The average Bonchev–Trinajstić information content (AvgIpc) is 2.61. The maximum absolute atomic E-state index is 12.2. The van der Waals surface area contributed by atoms with Crippen LogP contribution in [0.1, 0.15) is 35.7 Å². The molecular formula is C19H25ClN2O3. The number of hydrogen-bond donors (Lipinski definition) is 2. The molecule has 2 aromatic rings.